The van der Waals surface area contributed by atoms with Crippen LogP contribution >= 0.6 is 0 Å². The zero-order valence-corrected chi connectivity index (χ0v) is 26.4. The first kappa shape index (κ1) is 31.7. The fourth-order valence-electron chi connectivity index (χ4n) is 5.30. The molecule has 4 rings (SSSR count). The van der Waals surface area contributed by atoms with Crippen LogP contribution in [0.2, 0.25) is 0 Å². The molecule has 0 atom stereocenters. The highest BCUT2D eigenvalue weighted by Crippen LogP contribution is 2.40. The second-order valence-electron chi connectivity index (χ2n) is 11.7. The van der Waals surface area contributed by atoms with Gasteiger partial charge < -0.3 is 19.9 Å². The van der Waals surface area contributed by atoms with Crippen molar-refractivity contribution in [2.24, 2.45) is 0 Å². The van der Waals surface area contributed by atoms with Crippen molar-refractivity contribution < 1.29 is 19.4 Å². The van der Waals surface area contributed by atoms with Gasteiger partial charge in [0.2, 0.25) is 0 Å². The molecule has 0 amide bonds. The molecule has 5 nitrogen and oxygen atoms in total. The van der Waals surface area contributed by atoms with Gasteiger partial charge in [0.25, 0.3) is 0 Å². The van der Waals surface area contributed by atoms with Gasteiger partial charge in [0.15, 0.2) is 0 Å². The van der Waals surface area contributed by atoms with Crippen LogP contribution in [-0.2, 0) is 17.8 Å². The summed E-state index contributed by atoms with van der Waals surface area (Å²) in [4.78, 5) is 13.1. The predicted octanol–water partition coefficient (Wildman–Crippen LogP) is 9.41. The van der Waals surface area contributed by atoms with Gasteiger partial charge in [-0.25, -0.2) is 4.79 Å². The first-order valence-electron chi connectivity index (χ1n) is 15.4. The molecule has 0 bridgehead atoms. The van der Waals surface area contributed by atoms with E-state index in [0.29, 0.717) is 29.8 Å². The summed E-state index contributed by atoms with van der Waals surface area (Å²) in [5.41, 5.74) is 8.21. The van der Waals surface area contributed by atoms with Crippen molar-refractivity contribution in [1.82, 2.24) is 0 Å². The number of ether oxygens (including phenoxy) is 2. The normalized spacial score (nSPS) is 11.2. The maximum atomic E-state index is 13.1. The minimum atomic E-state index is -0.561. The van der Waals surface area contributed by atoms with Gasteiger partial charge in [-0.05, 0) is 83.7 Å². The van der Waals surface area contributed by atoms with Crippen molar-refractivity contribution in [2.45, 2.75) is 72.8 Å². The first-order chi connectivity index (χ1) is 20.7. The van der Waals surface area contributed by atoms with Gasteiger partial charge in [-0.15, -0.1) is 0 Å². The molecule has 4 aromatic carbocycles. The van der Waals surface area contributed by atoms with Gasteiger partial charge in [-0.2, -0.15) is 0 Å². The number of phenols is 1. The number of anilines is 1. The Bertz CT molecular complexity index is 1500. The average molecular weight is 580 g/mol. The van der Waals surface area contributed by atoms with Crippen LogP contribution in [-0.4, -0.2) is 24.2 Å². The number of rotatable bonds is 13. The number of esters is 1. The number of carbonyl (C=O) groups is 1. The number of benzene rings is 4. The number of carbonyl (C=O) groups excluding carboxylic acids is 1. The second-order valence-corrected chi connectivity index (χ2v) is 11.7. The molecule has 0 aromatic heterocycles. The lowest BCUT2D eigenvalue weighted by Gasteiger charge is -2.21. The molecule has 2 N–H and O–H groups in total. The largest absolute Gasteiger partial charge is 0.506 e. The zero-order chi connectivity index (χ0) is 30.9. The van der Waals surface area contributed by atoms with Crippen molar-refractivity contribution in [3.8, 4) is 22.6 Å². The van der Waals surface area contributed by atoms with Crippen LogP contribution in [0.4, 0.5) is 5.69 Å². The van der Waals surface area contributed by atoms with E-state index in [2.05, 4.69) is 58.1 Å². The van der Waals surface area contributed by atoms with E-state index in [-0.39, 0.29) is 17.9 Å². The predicted molar refractivity (Wildman–Crippen MR) is 176 cm³/mol. The van der Waals surface area contributed by atoms with Crippen LogP contribution in [0, 0.1) is 6.92 Å². The van der Waals surface area contributed by atoms with Crippen molar-refractivity contribution in [1.29, 1.82) is 0 Å². The molecule has 0 heterocycles. The van der Waals surface area contributed by atoms with Gasteiger partial charge in [0.05, 0.1) is 6.61 Å². The van der Waals surface area contributed by atoms with Crippen molar-refractivity contribution >= 4 is 11.7 Å². The topological polar surface area (TPSA) is 67.8 Å². The van der Waals surface area contributed by atoms with Gasteiger partial charge in [0, 0.05) is 23.4 Å². The SMILES string of the molecule is CCc1ccc(OCCCNc2c(C(C)C)cccc2C(C)C)c(-c2cc(C)cc(C(=O)OCc3ccccc3)c2O)c1. The summed E-state index contributed by atoms with van der Waals surface area (Å²) in [6.45, 7) is 14.3. The molecule has 226 valence electrons. The van der Waals surface area contributed by atoms with Crippen LogP contribution in [0.1, 0.15) is 91.1 Å². The van der Waals surface area contributed by atoms with Gasteiger partial charge in [-0.1, -0.05) is 89.2 Å². The zero-order valence-electron chi connectivity index (χ0n) is 26.4. The van der Waals surface area contributed by atoms with E-state index in [1.54, 1.807) is 6.07 Å². The molecular formula is C38H45NO4. The number of hydrogen-bond donors (Lipinski definition) is 2. The lowest BCUT2D eigenvalue weighted by atomic mass is 9.92. The summed E-state index contributed by atoms with van der Waals surface area (Å²) in [6, 6.07) is 25.7. The highest BCUT2D eigenvalue weighted by Gasteiger charge is 2.21. The Morgan fingerprint density at radius 3 is 2.19 bits per heavy atom. The Balaban J connectivity index is 1.51. The van der Waals surface area contributed by atoms with Crippen LogP contribution in [0.3, 0.4) is 0 Å². The van der Waals surface area contributed by atoms with Gasteiger partial charge in [-0.3, -0.25) is 0 Å². The summed E-state index contributed by atoms with van der Waals surface area (Å²) in [7, 11) is 0. The highest BCUT2D eigenvalue weighted by atomic mass is 16.5. The smallest absolute Gasteiger partial charge is 0.342 e. The molecule has 0 radical (unpaired) electrons. The minimum Gasteiger partial charge on any atom is -0.506 e. The molecular weight excluding hydrogens is 534 g/mol. The molecule has 0 aliphatic rings. The van der Waals surface area contributed by atoms with E-state index in [1.165, 1.54) is 16.8 Å². The molecule has 0 aliphatic carbocycles. The van der Waals surface area contributed by atoms with E-state index in [4.69, 9.17) is 9.47 Å². The van der Waals surface area contributed by atoms with E-state index in [9.17, 15) is 9.90 Å². The third-order valence-corrected chi connectivity index (χ3v) is 7.68. The molecule has 5 heteroatoms. The number of phenolic OH excluding ortho intramolecular Hbond substituents is 1. The van der Waals surface area contributed by atoms with E-state index >= 15 is 0 Å². The number of nitrogens with one attached hydrogen (secondary N) is 1. The molecule has 43 heavy (non-hydrogen) atoms. The average Bonchev–Trinajstić information content (AvgIpc) is 3.01. The van der Waals surface area contributed by atoms with E-state index in [0.717, 1.165) is 41.6 Å². The summed E-state index contributed by atoms with van der Waals surface area (Å²) >= 11 is 0. The highest BCUT2D eigenvalue weighted by molar-refractivity contribution is 5.96. The van der Waals surface area contributed by atoms with Crippen LogP contribution in [0.25, 0.3) is 11.1 Å². The summed E-state index contributed by atoms with van der Waals surface area (Å²) in [6.07, 6.45) is 1.64. The Morgan fingerprint density at radius 2 is 1.53 bits per heavy atom. The molecule has 0 fully saturated rings. The lowest BCUT2D eigenvalue weighted by molar-refractivity contribution is 0.0469. The van der Waals surface area contributed by atoms with Gasteiger partial charge in [0.1, 0.15) is 23.7 Å². The van der Waals surface area contributed by atoms with Crippen molar-refractivity contribution in [3.05, 3.63) is 112 Å². The Kier molecular flexibility index (Phi) is 10.9. The molecule has 0 saturated heterocycles. The summed E-state index contributed by atoms with van der Waals surface area (Å²) in [5, 5.41) is 15.0. The monoisotopic (exact) mass is 579 g/mol. The molecule has 4 aromatic rings. The maximum Gasteiger partial charge on any atom is 0.342 e. The molecule has 0 unspecified atom stereocenters. The van der Waals surface area contributed by atoms with Gasteiger partial charge >= 0.3 is 5.97 Å². The Hall–Kier alpha value is -4.25. The van der Waals surface area contributed by atoms with Crippen LogP contribution in [0.5, 0.6) is 11.5 Å². The van der Waals surface area contributed by atoms with E-state index < -0.39 is 5.97 Å². The number of hydrogen-bond acceptors (Lipinski definition) is 5. The summed E-state index contributed by atoms with van der Waals surface area (Å²) < 4.78 is 11.9. The maximum absolute atomic E-state index is 13.1. The van der Waals surface area contributed by atoms with Crippen LogP contribution in [0.15, 0.2) is 78.9 Å². The number of aromatic hydroxyl groups is 1. The second kappa shape index (κ2) is 14.8. The van der Waals surface area contributed by atoms with E-state index in [1.807, 2.05) is 61.5 Å². The van der Waals surface area contributed by atoms with Crippen molar-refractivity contribution in [3.63, 3.8) is 0 Å². The van der Waals surface area contributed by atoms with Crippen molar-refractivity contribution in [2.75, 3.05) is 18.5 Å². The summed E-state index contributed by atoms with van der Waals surface area (Å²) in [5.74, 6) is 0.871. The molecule has 0 saturated carbocycles. The quantitative estimate of drug-likeness (QED) is 0.122. The third-order valence-electron chi connectivity index (χ3n) is 7.68. The molecule has 0 aliphatic heterocycles. The Morgan fingerprint density at radius 1 is 0.837 bits per heavy atom. The fourth-order valence-corrected chi connectivity index (χ4v) is 5.30. The fraction of sp³-hybridized carbons (Fsp3) is 0.342. The lowest BCUT2D eigenvalue weighted by Crippen LogP contribution is -2.12. The number of aryl methyl sites for hydroxylation is 2. The molecule has 0 spiro atoms. The Labute approximate surface area is 256 Å². The first-order valence-corrected chi connectivity index (χ1v) is 15.4. The standard InChI is InChI=1S/C38H45NO4/c1-7-28-17-18-35(42-20-12-19-39-36-30(25(2)3)15-11-16-31(36)26(4)5)32(23-28)33-21-27(6)22-34(37(33)40)38(41)43-24-29-13-9-8-10-14-29/h8-11,13-18,21-23,25-26,39-40H,7,12,19-20,24H2,1-6H3. The minimum absolute atomic E-state index is 0.102. The van der Waals surface area contributed by atoms with Crippen LogP contribution < -0.4 is 10.1 Å². The third kappa shape index (κ3) is 7.98. The number of para-hydroxylation sites is 1.